The Morgan fingerprint density at radius 2 is 2.19 bits per heavy atom. The number of aromatic nitrogens is 5. The molecule has 31 heavy (non-hydrogen) atoms. The van der Waals surface area contributed by atoms with Crippen molar-refractivity contribution >= 4 is 11.6 Å². The molecule has 1 N–H and O–H groups in total. The molecule has 3 aromatic heterocycles. The summed E-state index contributed by atoms with van der Waals surface area (Å²) < 4.78 is 22.8. The third-order valence-electron chi connectivity index (χ3n) is 5.27. The summed E-state index contributed by atoms with van der Waals surface area (Å²) >= 11 is 0. The van der Waals surface area contributed by atoms with Gasteiger partial charge in [-0.3, -0.25) is 9.20 Å². The zero-order chi connectivity index (χ0) is 21.5. The number of aryl methyl sites for hydroxylation is 1. The number of anilines is 1. The summed E-state index contributed by atoms with van der Waals surface area (Å²) in [4.78, 5) is 21.3. The highest BCUT2D eigenvalue weighted by atomic mass is 19.1. The molecule has 0 saturated heterocycles. The lowest BCUT2D eigenvalue weighted by Gasteiger charge is -2.13. The van der Waals surface area contributed by atoms with Crippen molar-refractivity contribution in [3.63, 3.8) is 0 Å². The number of hydrogen-bond donors (Lipinski definition) is 1. The predicted octanol–water partition coefficient (Wildman–Crippen LogP) is 2.05. The highest BCUT2D eigenvalue weighted by Crippen LogP contribution is 2.31. The van der Waals surface area contributed by atoms with Gasteiger partial charge in [0.25, 0.3) is 5.56 Å². The summed E-state index contributed by atoms with van der Waals surface area (Å²) in [7, 11) is 1.55. The number of halogens is 1. The minimum absolute atomic E-state index is 0.170. The molecule has 4 aromatic rings. The molecule has 0 bridgehead atoms. The Morgan fingerprint density at radius 1 is 1.32 bits per heavy atom. The van der Waals surface area contributed by atoms with E-state index in [1.807, 2.05) is 6.07 Å². The molecular weight excluding hydrogens is 401 g/mol. The highest BCUT2D eigenvalue weighted by Gasteiger charge is 2.20. The maximum atomic E-state index is 14.5. The predicted molar refractivity (Wildman–Crippen MR) is 109 cm³/mol. The summed E-state index contributed by atoms with van der Waals surface area (Å²) in [6, 6.07) is 6.61. The fourth-order valence-corrected chi connectivity index (χ4v) is 3.74. The van der Waals surface area contributed by atoms with Gasteiger partial charge in [0.1, 0.15) is 17.6 Å². The number of benzene rings is 1. The van der Waals surface area contributed by atoms with Crippen LogP contribution < -0.4 is 15.6 Å². The molecule has 0 saturated carbocycles. The first kappa shape index (κ1) is 18.7. The summed E-state index contributed by atoms with van der Waals surface area (Å²) in [6.45, 7) is 0.702. The van der Waals surface area contributed by atoms with Crippen LogP contribution in [0.4, 0.5) is 10.3 Å². The minimum Gasteiger partial charge on any atom is -0.493 e. The number of hydrogen-bond acceptors (Lipinski definition) is 7. The molecule has 0 amide bonds. The molecule has 154 valence electrons. The second-order valence-electron chi connectivity index (χ2n) is 7.06. The van der Waals surface area contributed by atoms with E-state index in [2.05, 4.69) is 20.4 Å². The average molecular weight is 417 g/mol. The Balaban J connectivity index is 1.58. The molecule has 0 spiro atoms. The molecule has 0 aliphatic carbocycles. The van der Waals surface area contributed by atoms with Gasteiger partial charge in [-0.05, 0) is 18.2 Å². The lowest BCUT2D eigenvalue weighted by molar-refractivity contribution is 0.356. The Kier molecular flexibility index (Phi) is 4.36. The Morgan fingerprint density at radius 3 is 3.03 bits per heavy atom. The molecule has 9 nitrogen and oxygen atoms in total. The van der Waals surface area contributed by atoms with E-state index in [0.717, 1.165) is 5.56 Å². The van der Waals surface area contributed by atoms with Gasteiger partial charge in [-0.25, -0.2) is 19.0 Å². The van der Waals surface area contributed by atoms with E-state index in [4.69, 9.17) is 4.74 Å². The third kappa shape index (κ3) is 3.07. The van der Waals surface area contributed by atoms with E-state index in [1.165, 1.54) is 29.3 Å². The quantitative estimate of drug-likeness (QED) is 0.541. The fraction of sp³-hybridized carbons (Fsp3) is 0.190. The first-order valence-electron chi connectivity index (χ1n) is 9.54. The van der Waals surface area contributed by atoms with Gasteiger partial charge >= 0.3 is 0 Å². The molecule has 10 heteroatoms. The van der Waals surface area contributed by atoms with Crippen molar-refractivity contribution in [2.45, 2.75) is 13.0 Å². The molecule has 0 atom stereocenters. The summed E-state index contributed by atoms with van der Waals surface area (Å²) in [6.07, 6.45) is 5.18. The first-order valence-corrected chi connectivity index (χ1v) is 9.54. The molecule has 0 unspecified atom stereocenters. The van der Waals surface area contributed by atoms with Crippen LogP contribution in [0.1, 0.15) is 16.8 Å². The number of nitriles is 1. The van der Waals surface area contributed by atoms with Crippen LogP contribution in [0.25, 0.3) is 16.8 Å². The number of ether oxygens (including phenoxy) is 1. The fourth-order valence-electron chi connectivity index (χ4n) is 3.74. The molecule has 4 heterocycles. The number of nitrogens with zero attached hydrogens (tertiary/aromatic N) is 6. The molecular formula is C21H16FN7O2. The van der Waals surface area contributed by atoms with Crippen LogP contribution in [0.15, 0.2) is 41.6 Å². The van der Waals surface area contributed by atoms with Crippen molar-refractivity contribution in [2.75, 3.05) is 11.9 Å². The van der Waals surface area contributed by atoms with E-state index >= 15 is 0 Å². The Bertz CT molecular complexity index is 1430. The number of nitrogens with one attached hydrogen (secondary N) is 1. The summed E-state index contributed by atoms with van der Waals surface area (Å²) in [5.41, 5.74) is 2.43. The largest absolute Gasteiger partial charge is 0.493 e. The molecule has 1 aromatic carbocycles. The normalized spacial score (nSPS) is 12.4. The maximum Gasteiger partial charge on any atom is 0.274 e. The van der Waals surface area contributed by atoms with Crippen molar-refractivity contribution in [2.24, 2.45) is 7.05 Å². The number of fused-ring (bicyclic) bond motifs is 2. The lowest BCUT2D eigenvalue weighted by atomic mass is 10.0. The van der Waals surface area contributed by atoms with Gasteiger partial charge in [-0.15, -0.1) is 0 Å². The SMILES string of the molecule is Cn1nccc(-c2cnc(NCc3c(F)ccc4c3CCO4)n3cc(C#N)nc23)c1=O. The van der Waals surface area contributed by atoms with Crippen molar-refractivity contribution in [1.29, 1.82) is 5.26 Å². The minimum atomic E-state index is -0.326. The number of imidazole rings is 1. The topological polar surface area (TPSA) is 110 Å². The lowest BCUT2D eigenvalue weighted by Crippen LogP contribution is -2.21. The van der Waals surface area contributed by atoms with E-state index in [-0.39, 0.29) is 23.6 Å². The van der Waals surface area contributed by atoms with Crippen LogP contribution in [0.5, 0.6) is 5.75 Å². The monoisotopic (exact) mass is 417 g/mol. The number of rotatable bonds is 4. The van der Waals surface area contributed by atoms with E-state index < -0.39 is 0 Å². The van der Waals surface area contributed by atoms with Crippen molar-refractivity contribution in [1.82, 2.24) is 24.1 Å². The molecule has 0 radical (unpaired) electrons. The first-order chi connectivity index (χ1) is 15.1. The van der Waals surface area contributed by atoms with Gasteiger partial charge in [0.15, 0.2) is 11.3 Å². The smallest absolute Gasteiger partial charge is 0.274 e. The van der Waals surface area contributed by atoms with Gasteiger partial charge in [-0.1, -0.05) is 0 Å². The summed E-state index contributed by atoms with van der Waals surface area (Å²) in [5.74, 6) is 0.734. The molecule has 1 aliphatic rings. The maximum absolute atomic E-state index is 14.5. The average Bonchev–Trinajstić information content (AvgIpc) is 3.42. The molecule has 1 aliphatic heterocycles. The van der Waals surface area contributed by atoms with Crippen LogP contribution in [0.2, 0.25) is 0 Å². The van der Waals surface area contributed by atoms with E-state index in [9.17, 15) is 14.4 Å². The van der Waals surface area contributed by atoms with Crippen LogP contribution in [-0.2, 0) is 20.0 Å². The van der Waals surface area contributed by atoms with E-state index in [0.29, 0.717) is 47.1 Å². The van der Waals surface area contributed by atoms with Crippen LogP contribution >= 0.6 is 0 Å². The van der Waals surface area contributed by atoms with Crippen molar-refractivity contribution in [3.05, 3.63) is 69.8 Å². The van der Waals surface area contributed by atoms with E-state index in [1.54, 1.807) is 23.6 Å². The van der Waals surface area contributed by atoms with Gasteiger partial charge in [-0.2, -0.15) is 10.4 Å². The highest BCUT2D eigenvalue weighted by molar-refractivity contribution is 5.77. The van der Waals surface area contributed by atoms with Gasteiger partial charge in [0.05, 0.1) is 18.4 Å². The van der Waals surface area contributed by atoms with Crippen molar-refractivity contribution in [3.8, 4) is 22.9 Å². The van der Waals surface area contributed by atoms with Gasteiger partial charge in [0.2, 0.25) is 5.95 Å². The Labute approximate surface area is 175 Å². The molecule has 0 fully saturated rings. The second kappa shape index (κ2) is 7.21. The van der Waals surface area contributed by atoms with Crippen LogP contribution in [0, 0.1) is 17.1 Å². The van der Waals surface area contributed by atoms with Crippen LogP contribution in [0.3, 0.4) is 0 Å². The van der Waals surface area contributed by atoms with Crippen LogP contribution in [-0.4, -0.2) is 30.8 Å². The zero-order valence-electron chi connectivity index (χ0n) is 16.5. The van der Waals surface area contributed by atoms with Gasteiger partial charge < -0.3 is 10.1 Å². The molecule has 5 rings (SSSR count). The summed E-state index contributed by atoms with van der Waals surface area (Å²) in [5, 5.41) is 16.4. The standard InChI is InChI=1S/C21H16FN7O2/c1-28-20(30)14(4-6-26-28)16-10-25-21(29-11-12(8-23)27-19(16)29)24-9-15-13-5-7-31-18(13)3-2-17(15)22/h2-4,6,10-11H,5,7,9H2,1H3,(H,24,25). The van der Waals surface area contributed by atoms with Crippen molar-refractivity contribution < 1.29 is 9.13 Å². The second-order valence-corrected chi connectivity index (χ2v) is 7.06. The Hall–Kier alpha value is -4.26. The third-order valence-corrected chi connectivity index (χ3v) is 5.27. The van der Waals surface area contributed by atoms with Gasteiger partial charge in [0, 0.05) is 49.1 Å². The zero-order valence-corrected chi connectivity index (χ0v) is 16.5.